The Morgan fingerprint density at radius 1 is 1.12 bits per heavy atom. The average molecular weight is 380 g/mol. The molecule has 3 rings (SSSR count). The SMILES string of the molecule is CC1CCN(C(=O)c2ccc(NC(=O)[C@@H]3CCC[C@@H]3CN)cc2)CC1.Cl. The molecule has 26 heavy (non-hydrogen) atoms. The molecule has 2 amide bonds. The van der Waals surface area contributed by atoms with E-state index in [0.29, 0.717) is 23.9 Å². The van der Waals surface area contributed by atoms with Gasteiger partial charge in [0.1, 0.15) is 0 Å². The van der Waals surface area contributed by atoms with E-state index < -0.39 is 0 Å². The third kappa shape index (κ3) is 4.77. The van der Waals surface area contributed by atoms with Gasteiger partial charge in [0.25, 0.3) is 5.91 Å². The molecule has 1 saturated carbocycles. The first kappa shape index (κ1) is 20.7. The van der Waals surface area contributed by atoms with E-state index in [2.05, 4.69) is 12.2 Å². The van der Waals surface area contributed by atoms with Crippen molar-refractivity contribution < 1.29 is 9.59 Å². The second kappa shape index (κ2) is 9.38. The van der Waals surface area contributed by atoms with E-state index in [0.717, 1.165) is 50.9 Å². The van der Waals surface area contributed by atoms with E-state index in [1.807, 2.05) is 29.2 Å². The molecule has 2 fully saturated rings. The van der Waals surface area contributed by atoms with Crippen LogP contribution in [0, 0.1) is 17.8 Å². The van der Waals surface area contributed by atoms with Crippen LogP contribution in [-0.4, -0.2) is 36.3 Å². The number of carbonyl (C=O) groups is 2. The lowest BCUT2D eigenvalue weighted by Gasteiger charge is -2.30. The van der Waals surface area contributed by atoms with Crippen LogP contribution < -0.4 is 11.1 Å². The number of nitrogens with two attached hydrogens (primary N) is 1. The second-order valence-electron chi connectivity index (χ2n) is 7.57. The van der Waals surface area contributed by atoms with E-state index in [9.17, 15) is 9.59 Å². The molecule has 3 N–H and O–H groups in total. The Morgan fingerprint density at radius 3 is 2.38 bits per heavy atom. The van der Waals surface area contributed by atoms with Crippen LogP contribution in [0.25, 0.3) is 0 Å². The first-order valence-electron chi connectivity index (χ1n) is 9.48. The molecule has 0 unspecified atom stereocenters. The number of nitrogens with one attached hydrogen (secondary N) is 1. The Bertz CT molecular complexity index is 612. The summed E-state index contributed by atoms with van der Waals surface area (Å²) < 4.78 is 0. The minimum absolute atomic E-state index is 0. The first-order chi connectivity index (χ1) is 12.1. The fourth-order valence-corrected chi connectivity index (χ4v) is 3.99. The predicted octanol–water partition coefficient (Wildman–Crippen LogP) is 3.29. The quantitative estimate of drug-likeness (QED) is 0.842. The molecule has 1 aromatic rings. The number of likely N-dealkylation sites (tertiary alicyclic amines) is 1. The van der Waals surface area contributed by atoms with Crippen LogP contribution in [0.4, 0.5) is 5.69 Å². The minimum atomic E-state index is 0. The summed E-state index contributed by atoms with van der Waals surface area (Å²) in [4.78, 5) is 26.9. The molecule has 2 aliphatic rings. The van der Waals surface area contributed by atoms with Crippen LogP contribution >= 0.6 is 12.4 Å². The summed E-state index contributed by atoms with van der Waals surface area (Å²) in [7, 11) is 0. The van der Waals surface area contributed by atoms with Crippen LogP contribution in [0.3, 0.4) is 0 Å². The Hall–Kier alpha value is -1.59. The van der Waals surface area contributed by atoms with Gasteiger partial charge in [-0.1, -0.05) is 13.3 Å². The monoisotopic (exact) mass is 379 g/mol. The number of rotatable bonds is 4. The lowest BCUT2D eigenvalue weighted by Crippen LogP contribution is -2.37. The van der Waals surface area contributed by atoms with E-state index >= 15 is 0 Å². The Kier molecular flexibility index (Phi) is 7.47. The van der Waals surface area contributed by atoms with Crippen molar-refractivity contribution >= 4 is 29.9 Å². The normalized spacial score (nSPS) is 23.4. The van der Waals surface area contributed by atoms with Gasteiger partial charge in [0.15, 0.2) is 0 Å². The van der Waals surface area contributed by atoms with Crippen molar-refractivity contribution in [1.82, 2.24) is 4.90 Å². The number of halogens is 1. The largest absolute Gasteiger partial charge is 0.339 e. The van der Waals surface area contributed by atoms with Gasteiger partial charge >= 0.3 is 0 Å². The molecule has 0 spiro atoms. The van der Waals surface area contributed by atoms with Crippen molar-refractivity contribution in [3.05, 3.63) is 29.8 Å². The topological polar surface area (TPSA) is 75.4 Å². The third-order valence-electron chi connectivity index (χ3n) is 5.77. The lowest BCUT2D eigenvalue weighted by atomic mass is 9.95. The molecular formula is C20H30ClN3O2. The van der Waals surface area contributed by atoms with E-state index in [1.165, 1.54) is 0 Å². The zero-order valence-corrected chi connectivity index (χ0v) is 16.3. The van der Waals surface area contributed by atoms with Gasteiger partial charge in [0.05, 0.1) is 0 Å². The van der Waals surface area contributed by atoms with Gasteiger partial charge in [-0.05, 0) is 68.3 Å². The Morgan fingerprint density at radius 2 is 1.77 bits per heavy atom. The van der Waals surface area contributed by atoms with Crippen LogP contribution in [0.5, 0.6) is 0 Å². The van der Waals surface area contributed by atoms with E-state index in [-0.39, 0.29) is 30.1 Å². The molecule has 6 heteroatoms. The maximum atomic E-state index is 12.6. The number of hydrogen-bond acceptors (Lipinski definition) is 3. The van der Waals surface area contributed by atoms with Gasteiger partial charge in [-0.3, -0.25) is 9.59 Å². The molecule has 144 valence electrons. The zero-order valence-electron chi connectivity index (χ0n) is 15.4. The van der Waals surface area contributed by atoms with Gasteiger partial charge in [0, 0.05) is 30.3 Å². The standard InChI is InChI=1S/C20H29N3O2.ClH/c1-14-9-11-23(12-10-14)20(25)15-5-7-17(8-6-15)22-19(24)18-4-2-3-16(18)13-21;/h5-8,14,16,18H,2-4,9-13,21H2,1H3,(H,22,24);1H/t16-,18-;/m1./s1. The number of piperidine rings is 1. The Labute approximate surface area is 162 Å². The van der Waals surface area contributed by atoms with Crippen LogP contribution in [-0.2, 0) is 4.79 Å². The molecule has 0 radical (unpaired) electrons. The lowest BCUT2D eigenvalue weighted by molar-refractivity contribution is -0.120. The van der Waals surface area contributed by atoms with Crippen molar-refractivity contribution in [3.63, 3.8) is 0 Å². The van der Waals surface area contributed by atoms with Gasteiger partial charge < -0.3 is 16.0 Å². The summed E-state index contributed by atoms with van der Waals surface area (Å²) >= 11 is 0. The van der Waals surface area contributed by atoms with E-state index in [4.69, 9.17) is 5.73 Å². The molecular weight excluding hydrogens is 350 g/mol. The third-order valence-corrected chi connectivity index (χ3v) is 5.77. The Balaban J connectivity index is 0.00000243. The highest BCUT2D eigenvalue weighted by Gasteiger charge is 2.31. The van der Waals surface area contributed by atoms with E-state index in [1.54, 1.807) is 0 Å². The number of amides is 2. The smallest absolute Gasteiger partial charge is 0.253 e. The average Bonchev–Trinajstić information content (AvgIpc) is 3.11. The summed E-state index contributed by atoms with van der Waals surface area (Å²) in [6.45, 7) is 4.47. The highest BCUT2D eigenvalue weighted by Crippen LogP contribution is 2.32. The summed E-state index contributed by atoms with van der Waals surface area (Å²) in [5.41, 5.74) is 7.20. The molecule has 1 aromatic carbocycles. The minimum Gasteiger partial charge on any atom is -0.339 e. The predicted molar refractivity (Wildman–Crippen MR) is 107 cm³/mol. The fraction of sp³-hybridized carbons (Fsp3) is 0.600. The van der Waals surface area contributed by atoms with Crippen LogP contribution in [0.15, 0.2) is 24.3 Å². The summed E-state index contributed by atoms with van der Waals surface area (Å²) in [5.74, 6) is 1.15. The highest BCUT2D eigenvalue weighted by atomic mass is 35.5. The highest BCUT2D eigenvalue weighted by molar-refractivity contribution is 5.96. The van der Waals surface area contributed by atoms with Gasteiger partial charge in [-0.25, -0.2) is 0 Å². The van der Waals surface area contributed by atoms with Gasteiger partial charge in [-0.15, -0.1) is 12.4 Å². The van der Waals surface area contributed by atoms with Crippen molar-refractivity contribution in [2.75, 3.05) is 25.0 Å². The molecule has 0 bridgehead atoms. The van der Waals surface area contributed by atoms with Crippen molar-refractivity contribution in [2.45, 2.75) is 39.0 Å². The molecule has 1 aliphatic heterocycles. The zero-order chi connectivity index (χ0) is 17.8. The van der Waals surface area contributed by atoms with Crippen molar-refractivity contribution in [3.8, 4) is 0 Å². The van der Waals surface area contributed by atoms with Crippen LogP contribution in [0.1, 0.15) is 49.4 Å². The molecule has 1 aliphatic carbocycles. The summed E-state index contributed by atoms with van der Waals surface area (Å²) in [6, 6.07) is 7.27. The molecule has 1 heterocycles. The second-order valence-corrected chi connectivity index (χ2v) is 7.57. The number of anilines is 1. The maximum Gasteiger partial charge on any atom is 0.253 e. The number of carbonyl (C=O) groups excluding carboxylic acids is 2. The van der Waals surface area contributed by atoms with Crippen molar-refractivity contribution in [2.24, 2.45) is 23.5 Å². The summed E-state index contributed by atoms with van der Waals surface area (Å²) in [5, 5.41) is 2.98. The maximum absolute atomic E-state index is 12.6. The number of benzene rings is 1. The number of hydrogen-bond donors (Lipinski definition) is 2. The van der Waals surface area contributed by atoms with Crippen LogP contribution in [0.2, 0.25) is 0 Å². The fourth-order valence-electron chi connectivity index (χ4n) is 3.99. The van der Waals surface area contributed by atoms with Crippen molar-refractivity contribution in [1.29, 1.82) is 0 Å². The van der Waals surface area contributed by atoms with Gasteiger partial charge in [-0.2, -0.15) is 0 Å². The van der Waals surface area contributed by atoms with Gasteiger partial charge in [0.2, 0.25) is 5.91 Å². The first-order valence-corrected chi connectivity index (χ1v) is 9.48. The number of nitrogens with zero attached hydrogens (tertiary/aromatic N) is 1. The molecule has 5 nitrogen and oxygen atoms in total. The molecule has 0 aromatic heterocycles. The molecule has 1 saturated heterocycles. The molecule has 2 atom stereocenters. The summed E-state index contributed by atoms with van der Waals surface area (Å²) in [6.07, 6.45) is 5.17.